The molecule has 2 heterocycles. The molecule has 2 aromatic rings. The average Bonchev–Trinajstić information content (AvgIpc) is 3.03. The molecule has 120 valence electrons. The van der Waals surface area contributed by atoms with E-state index in [9.17, 15) is 9.59 Å². The lowest BCUT2D eigenvalue weighted by molar-refractivity contribution is -0.125. The fourth-order valence-electron chi connectivity index (χ4n) is 2.55. The topological polar surface area (TPSA) is 76.5 Å². The smallest absolute Gasteiger partial charge is 0.265 e. The van der Waals surface area contributed by atoms with Crippen LogP contribution in [0.1, 0.15) is 6.92 Å². The lowest BCUT2D eigenvalue weighted by atomic mass is 10.2. The zero-order valence-corrected chi connectivity index (χ0v) is 12.8. The first-order chi connectivity index (χ1) is 11.1. The van der Waals surface area contributed by atoms with Gasteiger partial charge in [-0.2, -0.15) is 0 Å². The molecule has 7 heteroatoms. The van der Waals surface area contributed by atoms with Crippen molar-refractivity contribution in [3.8, 4) is 5.75 Å². The zero-order chi connectivity index (χ0) is 16.2. The number of aromatic nitrogens is 2. The molecule has 3 rings (SSSR count). The Morgan fingerprint density at radius 1 is 1.43 bits per heavy atom. The minimum Gasteiger partial charge on any atom is -0.482 e. The van der Waals surface area contributed by atoms with E-state index < -0.39 is 0 Å². The molecule has 0 saturated carbocycles. The quantitative estimate of drug-likeness (QED) is 0.886. The fourth-order valence-corrected chi connectivity index (χ4v) is 2.55. The summed E-state index contributed by atoms with van der Waals surface area (Å²) in [5.74, 6) is 0.190. The van der Waals surface area contributed by atoms with Crippen molar-refractivity contribution in [2.45, 2.75) is 19.5 Å². The number of hydrogen-bond acceptors (Lipinski definition) is 4. The summed E-state index contributed by atoms with van der Waals surface area (Å²) in [6, 6.07) is 7.14. The minimum absolute atomic E-state index is 0.0204. The summed E-state index contributed by atoms with van der Waals surface area (Å²) < 4.78 is 7.25. The molecule has 0 saturated heterocycles. The van der Waals surface area contributed by atoms with Gasteiger partial charge >= 0.3 is 0 Å². The largest absolute Gasteiger partial charge is 0.482 e. The van der Waals surface area contributed by atoms with Gasteiger partial charge in [0.25, 0.3) is 5.91 Å². The molecule has 7 nitrogen and oxygen atoms in total. The second kappa shape index (κ2) is 6.51. The monoisotopic (exact) mass is 314 g/mol. The zero-order valence-electron chi connectivity index (χ0n) is 12.8. The van der Waals surface area contributed by atoms with Crippen molar-refractivity contribution in [1.29, 1.82) is 0 Å². The van der Waals surface area contributed by atoms with Gasteiger partial charge in [-0.15, -0.1) is 0 Å². The molecule has 2 amide bonds. The number of carbonyl (C=O) groups excluding carboxylic acids is 2. The van der Waals surface area contributed by atoms with Gasteiger partial charge in [0.15, 0.2) is 6.61 Å². The number of hydrogen-bond donors (Lipinski definition) is 1. The number of carbonyl (C=O) groups is 2. The number of imidazole rings is 1. The van der Waals surface area contributed by atoms with Gasteiger partial charge in [-0.3, -0.25) is 14.5 Å². The summed E-state index contributed by atoms with van der Waals surface area (Å²) in [6.45, 7) is 2.47. The number of rotatable bonds is 5. The van der Waals surface area contributed by atoms with Crippen LogP contribution in [0.3, 0.4) is 0 Å². The molecule has 1 aliphatic rings. The van der Waals surface area contributed by atoms with Gasteiger partial charge in [-0.05, 0) is 19.1 Å². The van der Waals surface area contributed by atoms with E-state index in [4.69, 9.17) is 4.74 Å². The highest BCUT2D eigenvalue weighted by molar-refractivity contribution is 6.02. The highest BCUT2D eigenvalue weighted by Gasteiger charge is 2.27. The van der Waals surface area contributed by atoms with Gasteiger partial charge in [0.1, 0.15) is 12.3 Å². The minimum atomic E-state index is -0.221. The Bertz CT molecular complexity index is 699. The van der Waals surface area contributed by atoms with Crippen LogP contribution in [0.15, 0.2) is 43.0 Å². The van der Waals surface area contributed by atoms with E-state index in [-0.39, 0.29) is 31.0 Å². The van der Waals surface area contributed by atoms with Crippen LogP contribution in [-0.4, -0.2) is 40.6 Å². The van der Waals surface area contributed by atoms with Crippen LogP contribution >= 0.6 is 0 Å². The SMILES string of the molecule is CC(Cn1ccnc1)NC(=O)CN1C(=O)COc2ccccc21. The molecule has 1 aliphatic heterocycles. The van der Waals surface area contributed by atoms with Gasteiger partial charge < -0.3 is 14.6 Å². The summed E-state index contributed by atoms with van der Waals surface area (Å²) in [6.07, 6.45) is 5.23. The van der Waals surface area contributed by atoms with Gasteiger partial charge in [-0.25, -0.2) is 4.98 Å². The Morgan fingerprint density at radius 2 is 2.26 bits per heavy atom. The Balaban J connectivity index is 1.62. The van der Waals surface area contributed by atoms with Gasteiger partial charge in [-0.1, -0.05) is 12.1 Å². The van der Waals surface area contributed by atoms with Crippen molar-refractivity contribution in [3.63, 3.8) is 0 Å². The van der Waals surface area contributed by atoms with Crippen molar-refractivity contribution in [1.82, 2.24) is 14.9 Å². The second-order valence-corrected chi connectivity index (χ2v) is 5.46. The van der Waals surface area contributed by atoms with Crippen LogP contribution in [0.25, 0.3) is 0 Å². The van der Waals surface area contributed by atoms with Crippen LogP contribution in [0, 0.1) is 0 Å². The number of ether oxygens (including phenoxy) is 1. The molecule has 1 N–H and O–H groups in total. The Labute approximate surface area is 133 Å². The third kappa shape index (κ3) is 3.50. The first-order valence-corrected chi connectivity index (χ1v) is 7.41. The normalized spacial score (nSPS) is 14.8. The standard InChI is InChI=1S/C16H18N4O3/c1-12(8-19-7-6-17-11-19)18-15(21)9-20-13-4-2-3-5-14(13)23-10-16(20)22/h2-7,11-12H,8-10H2,1H3,(H,18,21). The predicted molar refractivity (Wildman–Crippen MR) is 84.1 cm³/mol. The first-order valence-electron chi connectivity index (χ1n) is 7.41. The van der Waals surface area contributed by atoms with Crippen molar-refractivity contribution < 1.29 is 14.3 Å². The lowest BCUT2D eigenvalue weighted by Crippen LogP contribution is -2.47. The molecule has 0 bridgehead atoms. The van der Waals surface area contributed by atoms with Gasteiger partial charge in [0.2, 0.25) is 5.91 Å². The average molecular weight is 314 g/mol. The number of nitrogens with one attached hydrogen (secondary N) is 1. The predicted octanol–water partition coefficient (Wildman–Crippen LogP) is 0.813. The van der Waals surface area contributed by atoms with E-state index in [1.807, 2.05) is 29.8 Å². The third-order valence-electron chi connectivity index (χ3n) is 3.56. The molecule has 1 atom stereocenters. The van der Waals surface area contributed by atoms with Crippen molar-refractivity contribution >= 4 is 17.5 Å². The lowest BCUT2D eigenvalue weighted by Gasteiger charge is -2.29. The summed E-state index contributed by atoms with van der Waals surface area (Å²) in [5, 5.41) is 2.89. The molecular formula is C16H18N4O3. The van der Waals surface area contributed by atoms with Crippen LogP contribution in [0.4, 0.5) is 5.69 Å². The molecule has 1 aromatic heterocycles. The van der Waals surface area contributed by atoms with E-state index in [1.54, 1.807) is 24.7 Å². The molecule has 1 unspecified atom stereocenters. The number of anilines is 1. The van der Waals surface area contributed by atoms with Crippen molar-refractivity contribution in [2.75, 3.05) is 18.1 Å². The summed E-state index contributed by atoms with van der Waals surface area (Å²) in [7, 11) is 0. The highest BCUT2D eigenvalue weighted by atomic mass is 16.5. The Kier molecular flexibility index (Phi) is 4.27. The number of benzene rings is 1. The number of amides is 2. The highest BCUT2D eigenvalue weighted by Crippen LogP contribution is 2.31. The van der Waals surface area contributed by atoms with E-state index in [0.717, 1.165) is 0 Å². The fraction of sp³-hybridized carbons (Fsp3) is 0.312. The molecular weight excluding hydrogens is 296 g/mol. The molecule has 0 radical (unpaired) electrons. The van der Waals surface area contributed by atoms with Crippen molar-refractivity contribution in [2.24, 2.45) is 0 Å². The first kappa shape index (κ1) is 15.1. The molecule has 0 fully saturated rings. The van der Waals surface area contributed by atoms with Crippen LogP contribution in [0.2, 0.25) is 0 Å². The summed E-state index contributed by atoms with van der Waals surface area (Å²) >= 11 is 0. The third-order valence-corrected chi connectivity index (χ3v) is 3.56. The van der Waals surface area contributed by atoms with E-state index in [2.05, 4.69) is 10.3 Å². The van der Waals surface area contributed by atoms with Crippen LogP contribution < -0.4 is 15.0 Å². The van der Waals surface area contributed by atoms with Gasteiger partial charge in [0, 0.05) is 25.0 Å². The Hall–Kier alpha value is -2.83. The Morgan fingerprint density at radius 3 is 3.04 bits per heavy atom. The van der Waals surface area contributed by atoms with E-state index >= 15 is 0 Å². The number of fused-ring (bicyclic) bond motifs is 1. The van der Waals surface area contributed by atoms with E-state index in [1.165, 1.54) is 4.90 Å². The maximum absolute atomic E-state index is 12.2. The van der Waals surface area contributed by atoms with Gasteiger partial charge in [0.05, 0.1) is 12.0 Å². The molecule has 23 heavy (non-hydrogen) atoms. The summed E-state index contributed by atoms with van der Waals surface area (Å²) in [4.78, 5) is 29.7. The molecule has 1 aromatic carbocycles. The molecule has 0 aliphatic carbocycles. The van der Waals surface area contributed by atoms with Crippen molar-refractivity contribution in [3.05, 3.63) is 43.0 Å². The van der Waals surface area contributed by atoms with Crippen LogP contribution in [-0.2, 0) is 16.1 Å². The maximum Gasteiger partial charge on any atom is 0.265 e. The maximum atomic E-state index is 12.2. The second-order valence-electron chi connectivity index (χ2n) is 5.46. The molecule has 0 spiro atoms. The van der Waals surface area contributed by atoms with Crippen LogP contribution in [0.5, 0.6) is 5.75 Å². The number of nitrogens with zero attached hydrogens (tertiary/aromatic N) is 3. The van der Waals surface area contributed by atoms with E-state index in [0.29, 0.717) is 18.0 Å². The summed E-state index contributed by atoms with van der Waals surface area (Å²) in [5.41, 5.74) is 0.626. The number of para-hydroxylation sites is 2.